The first kappa shape index (κ1) is 18.0. The number of hydrogen-bond donors (Lipinski definition) is 1. The van der Waals surface area contributed by atoms with Crippen molar-refractivity contribution >= 4 is 11.6 Å². The molecule has 2 heterocycles. The summed E-state index contributed by atoms with van der Waals surface area (Å²) >= 11 is 6.48. The van der Waals surface area contributed by atoms with Crippen LogP contribution in [0.4, 0.5) is 0 Å². The van der Waals surface area contributed by atoms with E-state index >= 15 is 0 Å². The molecule has 140 valence electrons. The number of rotatable bonds is 6. The van der Waals surface area contributed by atoms with Gasteiger partial charge in [0.15, 0.2) is 11.4 Å². The highest BCUT2D eigenvalue weighted by molar-refractivity contribution is 6.19. The number of aromatic amines is 1. The number of hydrogen-bond acceptors (Lipinski definition) is 4. The average molecular weight is 384 g/mol. The first-order chi connectivity index (χ1) is 13.1. The molecule has 4 rings (SSSR count). The quantitative estimate of drug-likeness (QED) is 0.373. The van der Waals surface area contributed by atoms with E-state index in [9.17, 15) is 0 Å². The molecule has 0 aliphatic carbocycles. The molecule has 2 aromatic carbocycles. The van der Waals surface area contributed by atoms with E-state index < -0.39 is 5.56 Å². The summed E-state index contributed by atoms with van der Waals surface area (Å²) in [7, 11) is 4.08. The van der Waals surface area contributed by atoms with Crippen LogP contribution >= 0.6 is 11.6 Å². The number of imidazole rings is 1. The van der Waals surface area contributed by atoms with Gasteiger partial charge in [-0.1, -0.05) is 35.9 Å². The Labute approximate surface area is 163 Å². The van der Waals surface area contributed by atoms with Crippen molar-refractivity contribution in [3.05, 3.63) is 54.4 Å². The van der Waals surface area contributed by atoms with Crippen molar-refractivity contribution in [2.45, 2.75) is 12.0 Å². The number of alkyl halides is 1. The van der Waals surface area contributed by atoms with E-state index in [0.29, 0.717) is 12.4 Å². The second kappa shape index (κ2) is 7.72. The molecule has 1 aliphatic rings. The second-order valence-corrected chi connectivity index (χ2v) is 7.18. The Morgan fingerprint density at radius 3 is 2.48 bits per heavy atom. The molecule has 1 N–H and O–H groups in total. The highest BCUT2D eigenvalue weighted by atomic mass is 35.5. The molecule has 5 nitrogen and oxygen atoms in total. The summed E-state index contributed by atoms with van der Waals surface area (Å²) in [6.07, 6.45) is 0.913. The molecule has 1 atom stereocenters. The Morgan fingerprint density at radius 1 is 1.07 bits per heavy atom. The first-order valence-corrected chi connectivity index (χ1v) is 9.44. The highest BCUT2D eigenvalue weighted by Gasteiger charge is 2.26. The summed E-state index contributed by atoms with van der Waals surface area (Å²) in [5.41, 5.74) is 2.99. The average Bonchev–Trinajstić information content (AvgIpc) is 3.06. The Kier molecular flexibility index (Phi) is 5.16. The molecular formula is C21H22ClN3O2. The van der Waals surface area contributed by atoms with E-state index in [1.807, 2.05) is 62.6 Å². The van der Waals surface area contributed by atoms with Gasteiger partial charge in [0, 0.05) is 11.1 Å². The van der Waals surface area contributed by atoms with E-state index in [1.165, 1.54) is 0 Å². The summed E-state index contributed by atoms with van der Waals surface area (Å²) in [6, 6.07) is 15.8. The number of ether oxygens (including phenoxy) is 2. The van der Waals surface area contributed by atoms with Crippen LogP contribution in [-0.2, 0) is 4.74 Å². The smallest absolute Gasteiger partial charge is 0.188 e. The number of benzene rings is 2. The van der Waals surface area contributed by atoms with Crippen LogP contribution in [-0.4, -0.2) is 42.1 Å². The second-order valence-electron chi connectivity index (χ2n) is 6.78. The predicted octanol–water partition coefficient (Wildman–Crippen LogP) is 5.06. The Hall–Kier alpha value is -2.34. The molecule has 0 radical (unpaired) electrons. The largest absolute Gasteiger partial charge is 0.456 e. The van der Waals surface area contributed by atoms with E-state index in [-0.39, 0.29) is 0 Å². The van der Waals surface area contributed by atoms with Gasteiger partial charge in [0.1, 0.15) is 17.2 Å². The lowest BCUT2D eigenvalue weighted by Crippen LogP contribution is -2.15. The molecule has 3 aromatic rings. The van der Waals surface area contributed by atoms with Gasteiger partial charge in [-0.25, -0.2) is 4.98 Å². The maximum atomic E-state index is 6.48. The summed E-state index contributed by atoms with van der Waals surface area (Å²) in [4.78, 5) is 10.2. The minimum Gasteiger partial charge on any atom is -0.456 e. The third kappa shape index (κ3) is 3.72. The minimum atomic E-state index is -0.626. The van der Waals surface area contributed by atoms with Gasteiger partial charge in [-0.2, -0.15) is 0 Å². The van der Waals surface area contributed by atoms with Crippen LogP contribution in [0.15, 0.2) is 48.5 Å². The molecule has 0 amide bonds. The molecule has 0 saturated heterocycles. The molecule has 1 unspecified atom stereocenters. The molecule has 6 heteroatoms. The Morgan fingerprint density at radius 2 is 1.74 bits per heavy atom. The highest BCUT2D eigenvalue weighted by Crippen LogP contribution is 2.45. The van der Waals surface area contributed by atoms with Crippen molar-refractivity contribution in [3.63, 3.8) is 0 Å². The third-order valence-corrected chi connectivity index (χ3v) is 4.80. The summed E-state index contributed by atoms with van der Waals surface area (Å²) in [5, 5.41) is 0. The molecule has 0 spiro atoms. The van der Waals surface area contributed by atoms with Crippen LogP contribution in [0.5, 0.6) is 11.5 Å². The first-order valence-electron chi connectivity index (χ1n) is 9.00. The molecule has 27 heavy (non-hydrogen) atoms. The van der Waals surface area contributed by atoms with E-state index in [1.54, 1.807) is 0 Å². The van der Waals surface area contributed by atoms with Crippen LogP contribution in [0.3, 0.4) is 0 Å². The minimum absolute atomic E-state index is 0.577. The Bertz CT molecular complexity index is 876. The zero-order valence-corrected chi connectivity index (χ0v) is 16.2. The van der Waals surface area contributed by atoms with E-state index in [2.05, 4.69) is 9.88 Å². The number of H-pyrrole nitrogens is 1. The van der Waals surface area contributed by atoms with Gasteiger partial charge in [0.2, 0.25) is 0 Å². The standard InChI is InChI=1S/C21H22ClN3O2/c1-25(2)12-7-13-26-20(22)21-23-18-14-8-3-5-10-16(14)27-17-11-6-4-9-15(17)19(18)24-21/h3-6,8-11,20H,7,12-13H2,1-2H3,(H,23,24). The van der Waals surface area contributed by atoms with Crippen LogP contribution in [0.1, 0.15) is 17.8 Å². The predicted molar refractivity (Wildman–Crippen MR) is 107 cm³/mol. The Balaban J connectivity index is 1.67. The zero-order chi connectivity index (χ0) is 18.8. The number of fused-ring (bicyclic) bond motifs is 5. The fraction of sp³-hybridized carbons (Fsp3) is 0.286. The SMILES string of the molecule is CN(C)CCCOC(Cl)c1nc2c([nH]1)-c1ccccc1Oc1ccccc1-2. The lowest BCUT2D eigenvalue weighted by atomic mass is 10.1. The molecule has 0 bridgehead atoms. The number of nitrogens with zero attached hydrogens (tertiary/aromatic N) is 2. The number of aromatic nitrogens is 2. The summed E-state index contributed by atoms with van der Waals surface area (Å²) < 4.78 is 11.9. The number of nitrogens with one attached hydrogen (secondary N) is 1. The van der Waals surface area contributed by atoms with Gasteiger partial charge in [0.05, 0.1) is 12.3 Å². The maximum absolute atomic E-state index is 6.48. The van der Waals surface area contributed by atoms with Gasteiger partial charge in [-0.3, -0.25) is 0 Å². The van der Waals surface area contributed by atoms with Crippen LogP contribution in [0.25, 0.3) is 22.5 Å². The lowest BCUT2D eigenvalue weighted by Gasteiger charge is -2.12. The molecule has 0 fully saturated rings. The maximum Gasteiger partial charge on any atom is 0.188 e. The molecule has 0 saturated carbocycles. The molecular weight excluding hydrogens is 362 g/mol. The fourth-order valence-electron chi connectivity index (χ4n) is 3.17. The van der Waals surface area contributed by atoms with Crippen molar-refractivity contribution in [3.8, 4) is 34.0 Å². The number of halogens is 1. The summed E-state index contributed by atoms with van der Waals surface area (Å²) in [5.74, 6) is 2.18. The van der Waals surface area contributed by atoms with E-state index in [0.717, 1.165) is 47.0 Å². The van der Waals surface area contributed by atoms with Crippen molar-refractivity contribution in [2.24, 2.45) is 0 Å². The van der Waals surface area contributed by atoms with Gasteiger partial charge < -0.3 is 19.4 Å². The van der Waals surface area contributed by atoms with Gasteiger partial charge in [-0.05, 0) is 51.3 Å². The number of para-hydroxylation sites is 2. The van der Waals surface area contributed by atoms with Crippen molar-refractivity contribution < 1.29 is 9.47 Å². The topological polar surface area (TPSA) is 50.4 Å². The van der Waals surface area contributed by atoms with E-state index in [4.69, 9.17) is 26.1 Å². The zero-order valence-electron chi connectivity index (χ0n) is 15.4. The fourth-order valence-corrected chi connectivity index (χ4v) is 3.36. The molecule has 1 aliphatic heterocycles. The van der Waals surface area contributed by atoms with Crippen molar-refractivity contribution in [1.29, 1.82) is 0 Å². The monoisotopic (exact) mass is 383 g/mol. The van der Waals surface area contributed by atoms with Crippen LogP contribution in [0.2, 0.25) is 0 Å². The van der Waals surface area contributed by atoms with Gasteiger partial charge >= 0.3 is 0 Å². The van der Waals surface area contributed by atoms with Crippen molar-refractivity contribution in [2.75, 3.05) is 27.2 Å². The van der Waals surface area contributed by atoms with Crippen molar-refractivity contribution in [1.82, 2.24) is 14.9 Å². The van der Waals surface area contributed by atoms with Crippen LogP contribution in [0, 0.1) is 0 Å². The summed E-state index contributed by atoms with van der Waals surface area (Å²) in [6.45, 7) is 1.53. The van der Waals surface area contributed by atoms with Crippen LogP contribution < -0.4 is 4.74 Å². The van der Waals surface area contributed by atoms with Gasteiger partial charge in [0.25, 0.3) is 0 Å². The normalized spacial score (nSPS) is 13.3. The lowest BCUT2D eigenvalue weighted by molar-refractivity contribution is 0.0962. The third-order valence-electron chi connectivity index (χ3n) is 4.47. The molecule has 1 aromatic heterocycles. The van der Waals surface area contributed by atoms with Gasteiger partial charge in [-0.15, -0.1) is 0 Å².